The maximum atomic E-state index is 12.9. The van der Waals surface area contributed by atoms with Crippen molar-refractivity contribution in [3.63, 3.8) is 0 Å². The van der Waals surface area contributed by atoms with E-state index in [1.54, 1.807) is 36.4 Å². The molecule has 0 N–H and O–H groups in total. The highest BCUT2D eigenvalue weighted by molar-refractivity contribution is 6.54. The molecule has 28 heavy (non-hydrogen) atoms. The van der Waals surface area contributed by atoms with E-state index in [-0.39, 0.29) is 18.7 Å². The molecule has 3 rings (SSSR count). The maximum absolute atomic E-state index is 12.9. The second-order valence-corrected chi connectivity index (χ2v) is 7.63. The molecule has 0 aliphatic carbocycles. The second kappa shape index (κ2) is 9.14. The smallest absolute Gasteiger partial charge is 0.317 e. The number of anilines is 1. The molecule has 1 aliphatic heterocycles. The number of nitrogens with zero attached hydrogens (tertiary/aromatic N) is 2. The van der Waals surface area contributed by atoms with Gasteiger partial charge in [0, 0.05) is 22.9 Å². The SMILES string of the molecule is O=C(CCCCl)ON=C1C(=O)N(Cc2ccc(Cl)c(Cl)c2)c2ccc(Cl)cc21. The van der Waals surface area contributed by atoms with Crippen molar-refractivity contribution >= 4 is 69.7 Å². The summed E-state index contributed by atoms with van der Waals surface area (Å²) in [5.41, 5.74) is 1.89. The van der Waals surface area contributed by atoms with Crippen LogP contribution in [0.4, 0.5) is 5.69 Å². The Balaban J connectivity index is 1.90. The molecular formula is C19H14Cl4N2O3. The number of benzene rings is 2. The van der Waals surface area contributed by atoms with Gasteiger partial charge in [0.2, 0.25) is 0 Å². The summed E-state index contributed by atoms with van der Waals surface area (Å²) < 4.78 is 0. The van der Waals surface area contributed by atoms with E-state index in [1.165, 1.54) is 4.90 Å². The Morgan fingerprint density at radius 3 is 2.57 bits per heavy atom. The molecule has 1 amide bonds. The summed E-state index contributed by atoms with van der Waals surface area (Å²) in [4.78, 5) is 31.1. The van der Waals surface area contributed by atoms with Gasteiger partial charge in [0.15, 0.2) is 5.71 Å². The van der Waals surface area contributed by atoms with Gasteiger partial charge in [-0.15, -0.1) is 11.6 Å². The average Bonchev–Trinajstić information content (AvgIpc) is 2.92. The minimum absolute atomic E-state index is 0.0109. The third-order valence-corrected chi connectivity index (χ3v) is 5.27. The molecule has 0 saturated carbocycles. The molecule has 146 valence electrons. The van der Waals surface area contributed by atoms with Crippen molar-refractivity contribution in [3.8, 4) is 0 Å². The molecule has 0 aromatic heterocycles. The zero-order valence-electron chi connectivity index (χ0n) is 14.4. The van der Waals surface area contributed by atoms with Crippen molar-refractivity contribution in [2.24, 2.45) is 5.16 Å². The van der Waals surface area contributed by atoms with Crippen molar-refractivity contribution in [1.29, 1.82) is 0 Å². The highest BCUT2D eigenvalue weighted by Gasteiger charge is 2.35. The van der Waals surface area contributed by atoms with Gasteiger partial charge in [-0.1, -0.05) is 46.0 Å². The zero-order valence-corrected chi connectivity index (χ0v) is 17.4. The first-order chi connectivity index (χ1) is 13.4. The molecule has 0 saturated heterocycles. The summed E-state index contributed by atoms with van der Waals surface area (Å²) in [5, 5.41) is 5.04. The van der Waals surface area contributed by atoms with Crippen LogP contribution in [0.1, 0.15) is 24.0 Å². The van der Waals surface area contributed by atoms with Gasteiger partial charge >= 0.3 is 5.97 Å². The third kappa shape index (κ3) is 4.61. The summed E-state index contributed by atoms with van der Waals surface area (Å²) in [6.45, 7) is 0.240. The van der Waals surface area contributed by atoms with Crippen LogP contribution in [-0.4, -0.2) is 23.5 Å². The number of rotatable bonds is 6. The van der Waals surface area contributed by atoms with E-state index >= 15 is 0 Å². The van der Waals surface area contributed by atoms with Crippen LogP contribution in [0.3, 0.4) is 0 Å². The predicted molar refractivity (Wildman–Crippen MR) is 112 cm³/mol. The Morgan fingerprint density at radius 2 is 1.86 bits per heavy atom. The van der Waals surface area contributed by atoms with Crippen molar-refractivity contribution in [1.82, 2.24) is 0 Å². The van der Waals surface area contributed by atoms with E-state index in [1.807, 2.05) is 0 Å². The van der Waals surface area contributed by atoms with Crippen LogP contribution in [-0.2, 0) is 21.0 Å². The number of halogens is 4. The highest BCUT2D eigenvalue weighted by atomic mass is 35.5. The number of oxime groups is 1. The van der Waals surface area contributed by atoms with Gasteiger partial charge in [-0.25, -0.2) is 4.79 Å². The largest absolute Gasteiger partial charge is 0.335 e. The molecular weight excluding hydrogens is 446 g/mol. The molecule has 0 atom stereocenters. The minimum atomic E-state index is -0.563. The van der Waals surface area contributed by atoms with E-state index in [9.17, 15) is 9.59 Å². The topological polar surface area (TPSA) is 59.0 Å². The van der Waals surface area contributed by atoms with Crippen LogP contribution in [0, 0.1) is 0 Å². The lowest BCUT2D eigenvalue weighted by Crippen LogP contribution is -2.29. The van der Waals surface area contributed by atoms with E-state index in [2.05, 4.69) is 5.16 Å². The molecule has 0 fully saturated rings. The number of carbonyl (C=O) groups is 2. The Morgan fingerprint density at radius 1 is 1.07 bits per heavy atom. The number of amides is 1. The molecule has 2 aromatic rings. The second-order valence-electron chi connectivity index (χ2n) is 6.00. The zero-order chi connectivity index (χ0) is 20.3. The van der Waals surface area contributed by atoms with Crippen molar-refractivity contribution in [3.05, 3.63) is 62.6 Å². The number of hydrogen-bond donors (Lipinski definition) is 0. The molecule has 0 unspecified atom stereocenters. The summed E-state index contributed by atoms with van der Waals surface area (Å²) in [7, 11) is 0. The van der Waals surface area contributed by atoms with Gasteiger partial charge in [0.25, 0.3) is 5.91 Å². The first kappa shape index (κ1) is 20.9. The van der Waals surface area contributed by atoms with Gasteiger partial charge in [0.05, 0.1) is 22.3 Å². The minimum Gasteiger partial charge on any atom is -0.317 e. The average molecular weight is 460 g/mol. The molecule has 0 bridgehead atoms. The van der Waals surface area contributed by atoms with Crippen molar-refractivity contribution < 1.29 is 14.4 Å². The Labute approximate surface area is 181 Å². The molecule has 5 nitrogen and oxygen atoms in total. The number of alkyl halides is 1. The lowest BCUT2D eigenvalue weighted by molar-refractivity contribution is -0.143. The number of hydrogen-bond acceptors (Lipinski definition) is 4. The fourth-order valence-corrected chi connectivity index (χ4v) is 3.33. The van der Waals surface area contributed by atoms with Crippen LogP contribution in [0.25, 0.3) is 0 Å². The van der Waals surface area contributed by atoms with Gasteiger partial charge in [-0.05, 0) is 42.3 Å². The maximum Gasteiger partial charge on any atom is 0.335 e. The van der Waals surface area contributed by atoms with Crippen LogP contribution in [0.15, 0.2) is 41.6 Å². The van der Waals surface area contributed by atoms with Gasteiger partial charge in [-0.3, -0.25) is 4.79 Å². The predicted octanol–water partition coefficient (Wildman–Crippen LogP) is 5.46. The fourth-order valence-electron chi connectivity index (χ4n) is 2.70. The van der Waals surface area contributed by atoms with Crippen LogP contribution >= 0.6 is 46.4 Å². The van der Waals surface area contributed by atoms with Gasteiger partial charge in [-0.2, -0.15) is 0 Å². The lowest BCUT2D eigenvalue weighted by Gasteiger charge is -2.17. The van der Waals surface area contributed by atoms with Gasteiger partial charge in [0.1, 0.15) is 0 Å². The molecule has 0 radical (unpaired) electrons. The van der Waals surface area contributed by atoms with Gasteiger partial charge < -0.3 is 9.74 Å². The van der Waals surface area contributed by atoms with E-state index in [0.717, 1.165) is 5.56 Å². The summed E-state index contributed by atoms with van der Waals surface area (Å²) >= 11 is 23.7. The number of fused-ring (bicyclic) bond motifs is 1. The summed E-state index contributed by atoms with van der Waals surface area (Å²) in [6, 6.07) is 10.1. The Bertz CT molecular complexity index is 962. The fraction of sp³-hybridized carbons (Fsp3) is 0.211. The molecule has 1 heterocycles. The Kier molecular flexibility index (Phi) is 6.83. The van der Waals surface area contributed by atoms with Crippen LogP contribution in [0.5, 0.6) is 0 Å². The lowest BCUT2D eigenvalue weighted by atomic mass is 10.1. The molecule has 9 heteroatoms. The quantitative estimate of drug-likeness (QED) is 0.327. The van der Waals surface area contributed by atoms with Crippen molar-refractivity contribution in [2.75, 3.05) is 10.8 Å². The van der Waals surface area contributed by atoms with E-state index < -0.39 is 11.9 Å². The molecule has 1 aliphatic rings. The number of carbonyl (C=O) groups excluding carboxylic acids is 2. The molecule has 0 spiro atoms. The highest BCUT2D eigenvalue weighted by Crippen LogP contribution is 2.34. The summed E-state index contributed by atoms with van der Waals surface area (Å²) in [5.74, 6) is -0.638. The first-order valence-corrected chi connectivity index (χ1v) is 9.97. The Hall–Kier alpha value is -1.79. The van der Waals surface area contributed by atoms with E-state index in [4.69, 9.17) is 51.2 Å². The summed E-state index contributed by atoms with van der Waals surface area (Å²) in [6.07, 6.45) is 0.578. The first-order valence-electron chi connectivity index (χ1n) is 8.30. The standard InChI is InChI=1S/C19H14Cl4N2O3/c20-7-1-2-17(26)28-24-18-13-9-12(21)4-6-16(13)25(19(18)27)10-11-3-5-14(22)15(23)8-11/h3-6,8-9H,1-2,7,10H2. The van der Waals surface area contributed by atoms with Crippen molar-refractivity contribution in [2.45, 2.75) is 19.4 Å². The monoisotopic (exact) mass is 458 g/mol. The van der Waals surface area contributed by atoms with E-state index in [0.29, 0.717) is 38.6 Å². The normalized spacial score (nSPS) is 14.5. The third-order valence-electron chi connectivity index (χ3n) is 4.03. The van der Waals surface area contributed by atoms with Crippen LogP contribution in [0.2, 0.25) is 15.1 Å². The van der Waals surface area contributed by atoms with Crippen LogP contribution < -0.4 is 4.90 Å². The molecule has 2 aromatic carbocycles.